The molecule has 4 nitrogen and oxygen atoms in total. The van der Waals surface area contributed by atoms with E-state index in [-0.39, 0.29) is 24.8 Å². The van der Waals surface area contributed by atoms with Crippen LogP contribution in [0.5, 0.6) is 0 Å². The zero-order chi connectivity index (χ0) is 19.3. The first-order valence-electron chi connectivity index (χ1n) is 8.41. The van der Waals surface area contributed by atoms with Crippen molar-refractivity contribution in [3.63, 3.8) is 0 Å². The van der Waals surface area contributed by atoms with Crippen molar-refractivity contribution in [2.75, 3.05) is 16.8 Å². The molecule has 0 atom stereocenters. The maximum atomic E-state index is 12.3. The largest absolute Gasteiger partial charge is 0.323 e. The van der Waals surface area contributed by atoms with Crippen LogP contribution in [0.4, 0.5) is 11.4 Å². The van der Waals surface area contributed by atoms with Crippen LogP contribution in [0, 0.1) is 0 Å². The van der Waals surface area contributed by atoms with Gasteiger partial charge in [-0.2, -0.15) is 0 Å². The average Bonchev–Trinajstić information content (AvgIpc) is 2.58. The lowest BCUT2D eigenvalue weighted by Crippen LogP contribution is -2.32. The summed E-state index contributed by atoms with van der Waals surface area (Å²) in [5.74, 6) is 0.0388. The lowest BCUT2D eigenvalue weighted by Gasteiger charge is -2.22. The summed E-state index contributed by atoms with van der Waals surface area (Å²) in [6.07, 6.45) is 0.132. The first-order chi connectivity index (χ1) is 12.3. The third-order valence-corrected chi connectivity index (χ3v) is 4.67. The summed E-state index contributed by atoms with van der Waals surface area (Å²) in [5, 5.41) is 3.45. The van der Waals surface area contributed by atoms with Gasteiger partial charge >= 0.3 is 0 Å². The molecule has 0 spiro atoms. The van der Waals surface area contributed by atoms with Gasteiger partial charge in [0.05, 0.1) is 15.7 Å². The highest BCUT2D eigenvalue weighted by molar-refractivity contribution is 6.39. The lowest BCUT2D eigenvalue weighted by molar-refractivity contribution is -0.117. The molecular weight excluding hydrogens is 371 g/mol. The summed E-state index contributed by atoms with van der Waals surface area (Å²) in [7, 11) is 0. The molecule has 138 valence electrons. The van der Waals surface area contributed by atoms with Crippen molar-refractivity contribution in [3.05, 3.63) is 58.1 Å². The van der Waals surface area contributed by atoms with E-state index in [2.05, 4.69) is 19.2 Å². The second-order valence-corrected chi connectivity index (χ2v) is 7.13. The van der Waals surface area contributed by atoms with Crippen molar-refractivity contribution in [2.24, 2.45) is 0 Å². The van der Waals surface area contributed by atoms with Gasteiger partial charge in [-0.05, 0) is 35.7 Å². The number of hydrogen-bond acceptors (Lipinski definition) is 2. The molecule has 26 heavy (non-hydrogen) atoms. The van der Waals surface area contributed by atoms with Crippen molar-refractivity contribution in [3.8, 4) is 0 Å². The van der Waals surface area contributed by atoms with E-state index in [4.69, 9.17) is 23.2 Å². The Morgan fingerprint density at radius 3 is 2.12 bits per heavy atom. The van der Waals surface area contributed by atoms with Gasteiger partial charge in [-0.1, -0.05) is 55.2 Å². The zero-order valence-electron chi connectivity index (χ0n) is 15.1. The molecule has 0 unspecified atom stereocenters. The summed E-state index contributed by atoms with van der Waals surface area (Å²) in [4.78, 5) is 25.8. The number of hydrogen-bond donors (Lipinski definition) is 1. The molecule has 0 heterocycles. The van der Waals surface area contributed by atoms with Crippen LogP contribution in [0.25, 0.3) is 0 Å². The number of halogens is 2. The molecule has 0 saturated heterocycles. The summed E-state index contributed by atoms with van der Waals surface area (Å²) in [5.41, 5.74) is 2.35. The van der Waals surface area contributed by atoms with Crippen LogP contribution in [0.15, 0.2) is 42.5 Å². The number of anilines is 2. The van der Waals surface area contributed by atoms with Gasteiger partial charge < -0.3 is 10.2 Å². The second kappa shape index (κ2) is 9.06. The van der Waals surface area contributed by atoms with Gasteiger partial charge in [0.2, 0.25) is 11.8 Å². The third-order valence-electron chi connectivity index (χ3n) is 4.04. The van der Waals surface area contributed by atoms with Crippen molar-refractivity contribution in [1.82, 2.24) is 0 Å². The van der Waals surface area contributed by atoms with Gasteiger partial charge in [-0.3, -0.25) is 9.59 Å². The topological polar surface area (TPSA) is 49.4 Å². The average molecular weight is 393 g/mol. The Balaban J connectivity index is 2.04. The Bertz CT molecular complexity index is 769. The first-order valence-corrected chi connectivity index (χ1v) is 9.17. The monoisotopic (exact) mass is 392 g/mol. The molecule has 0 aromatic heterocycles. The molecule has 2 amide bonds. The van der Waals surface area contributed by atoms with Crippen LogP contribution < -0.4 is 10.2 Å². The molecule has 6 heteroatoms. The Kier molecular flexibility index (Phi) is 7.06. The summed E-state index contributed by atoms with van der Waals surface area (Å²) >= 11 is 12.1. The number of carbonyl (C=O) groups excluding carboxylic acids is 2. The van der Waals surface area contributed by atoms with Gasteiger partial charge in [0, 0.05) is 25.6 Å². The smallest absolute Gasteiger partial charge is 0.226 e. The van der Waals surface area contributed by atoms with Crippen LogP contribution >= 0.6 is 23.2 Å². The first kappa shape index (κ1) is 20.3. The minimum absolute atomic E-state index is 0.120. The van der Waals surface area contributed by atoms with E-state index in [9.17, 15) is 9.59 Å². The van der Waals surface area contributed by atoms with Crippen molar-refractivity contribution < 1.29 is 9.59 Å². The second-order valence-electron chi connectivity index (χ2n) is 6.31. The summed E-state index contributed by atoms with van der Waals surface area (Å²) < 4.78 is 0. The van der Waals surface area contributed by atoms with Gasteiger partial charge in [-0.25, -0.2) is 0 Å². The predicted octanol–water partition coefficient (Wildman–Crippen LogP) is 5.50. The molecule has 0 aliphatic rings. The minimum atomic E-state index is -0.259. The fraction of sp³-hybridized carbons (Fsp3) is 0.300. The third kappa shape index (κ3) is 5.23. The summed E-state index contributed by atoms with van der Waals surface area (Å²) in [6.45, 7) is 5.98. The van der Waals surface area contributed by atoms with E-state index in [1.807, 2.05) is 24.3 Å². The van der Waals surface area contributed by atoms with Crippen molar-refractivity contribution >= 4 is 46.4 Å². The molecule has 0 fully saturated rings. The Hall–Kier alpha value is -2.04. The van der Waals surface area contributed by atoms with Gasteiger partial charge in [0.25, 0.3) is 0 Å². The number of rotatable bonds is 6. The van der Waals surface area contributed by atoms with Crippen LogP contribution in [-0.4, -0.2) is 18.4 Å². The number of nitrogens with zero attached hydrogens (tertiary/aromatic N) is 1. The molecule has 0 bridgehead atoms. The normalized spacial score (nSPS) is 10.7. The Morgan fingerprint density at radius 2 is 1.62 bits per heavy atom. The molecule has 2 rings (SSSR count). The molecule has 0 saturated carbocycles. The maximum absolute atomic E-state index is 12.3. The van der Waals surface area contributed by atoms with Crippen LogP contribution in [-0.2, 0) is 9.59 Å². The predicted molar refractivity (Wildman–Crippen MR) is 108 cm³/mol. The van der Waals surface area contributed by atoms with Crippen LogP contribution in [0.3, 0.4) is 0 Å². The van der Waals surface area contributed by atoms with Crippen molar-refractivity contribution in [2.45, 2.75) is 33.1 Å². The van der Waals surface area contributed by atoms with E-state index in [0.29, 0.717) is 21.7 Å². The quantitative estimate of drug-likeness (QED) is 0.705. The highest BCUT2D eigenvalue weighted by Gasteiger charge is 2.15. The number of amides is 2. The van der Waals surface area contributed by atoms with E-state index >= 15 is 0 Å². The number of nitrogens with one attached hydrogen (secondary N) is 1. The fourth-order valence-corrected chi connectivity index (χ4v) is 3.03. The highest BCUT2D eigenvalue weighted by Crippen LogP contribution is 2.30. The molecule has 0 aliphatic heterocycles. The Morgan fingerprint density at radius 1 is 1.04 bits per heavy atom. The van der Waals surface area contributed by atoms with E-state index in [1.165, 1.54) is 12.5 Å². The summed E-state index contributed by atoms with van der Waals surface area (Å²) in [6, 6.07) is 12.8. The molecule has 2 aromatic rings. The number of carbonyl (C=O) groups is 2. The number of benzene rings is 2. The van der Waals surface area contributed by atoms with Crippen LogP contribution in [0.1, 0.15) is 38.7 Å². The standard InChI is InChI=1S/C20H22Cl2N2O2/c1-13(2)15-7-9-16(10-8-15)24(14(3)25)12-11-19(26)23-20-17(21)5-4-6-18(20)22/h4-10,13H,11-12H2,1-3H3,(H,23,26). The van der Waals surface area contributed by atoms with Gasteiger partial charge in [0.1, 0.15) is 0 Å². The molecule has 0 aliphatic carbocycles. The zero-order valence-corrected chi connectivity index (χ0v) is 16.6. The molecular formula is C20H22Cl2N2O2. The van der Waals surface area contributed by atoms with E-state index in [1.54, 1.807) is 23.1 Å². The highest BCUT2D eigenvalue weighted by atomic mass is 35.5. The molecule has 0 radical (unpaired) electrons. The van der Waals surface area contributed by atoms with Crippen LogP contribution in [0.2, 0.25) is 10.0 Å². The molecule has 2 aromatic carbocycles. The van der Waals surface area contributed by atoms with Gasteiger partial charge in [-0.15, -0.1) is 0 Å². The van der Waals surface area contributed by atoms with Gasteiger partial charge in [0.15, 0.2) is 0 Å². The molecule has 1 N–H and O–H groups in total. The number of para-hydroxylation sites is 1. The fourth-order valence-electron chi connectivity index (χ4n) is 2.54. The van der Waals surface area contributed by atoms with E-state index < -0.39 is 0 Å². The lowest BCUT2D eigenvalue weighted by atomic mass is 10.0. The van der Waals surface area contributed by atoms with Crippen molar-refractivity contribution in [1.29, 1.82) is 0 Å². The minimum Gasteiger partial charge on any atom is -0.323 e. The van der Waals surface area contributed by atoms with E-state index in [0.717, 1.165) is 5.69 Å². The maximum Gasteiger partial charge on any atom is 0.226 e. The Labute approximate surface area is 164 Å². The SMILES string of the molecule is CC(=O)N(CCC(=O)Nc1c(Cl)cccc1Cl)c1ccc(C(C)C)cc1.